The predicted molar refractivity (Wildman–Crippen MR) is 70.7 cm³/mol. The topological polar surface area (TPSA) is 59.2 Å². The Bertz CT molecular complexity index is 414. The van der Waals surface area contributed by atoms with E-state index in [2.05, 4.69) is 20.9 Å². The lowest BCUT2D eigenvalue weighted by Gasteiger charge is -2.20. The average Bonchev–Trinajstić information content (AvgIpc) is 2.60. The molecule has 2 heterocycles. The van der Waals surface area contributed by atoms with Gasteiger partial charge in [-0.1, -0.05) is 12.8 Å². The van der Waals surface area contributed by atoms with Crippen LogP contribution in [0.1, 0.15) is 36.0 Å². The molecule has 0 radical (unpaired) electrons. The van der Waals surface area contributed by atoms with E-state index < -0.39 is 0 Å². The Balaban J connectivity index is 2.20. The summed E-state index contributed by atoms with van der Waals surface area (Å²) in [4.78, 5) is 18.2. The number of nitrogen functional groups attached to an aromatic ring is 1. The summed E-state index contributed by atoms with van der Waals surface area (Å²) in [5.41, 5.74) is 6.26. The molecule has 2 N–H and O–H groups in total. The van der Waals surface area contributed by atoms with Crippen molar-refractivity contribution in [1.29, 1.82) is 0 Å². The minimum atomic E-state index is -0.00167. The molecule has 0 unspecified atom stereocenters. The molecule has 1 fully saturated rings. The Morgan fingerprint density at radius 2 is 1.94 bits per heavy atom. The molecule has 0 saturated carbocycles. The van der Waals surface area contributed by atoms with Crippen LogP contribution in [0.5, 0.6) is 0 Å². The Hall–Kier alpha value is -1.10. The van der Waals surface area contributed by atoms with Gasteiger partial charge in [-0.2, -0.15) is 0 Å². The highest BCUT2D eigenvalue weighted by Gasteiger charge is 2.20. The van der Waals surface area contributed by atoms with Crippen LogP contribution in [0, 0.1) is 0 Å². The molecule has 0 aromatic carbocycles. The van der Waals surface area contributed by atoms with Crippen molar-refractivity contribution in [3.63, 3.8) is 0 Å². The minimum Gasteiger partial charge on any atom is -0.383 e. The maximum Gasteiger partial charge on any atom is 0.257 e. The van der Waals surface area contributed by atoms with Crippen molar-refractivity contribution in [1.82, 2.24) is 9.88 Å². The fourth-order valence-corrected chi connectivity index (χ4v) is 2.40. The summed E-state index contributed by atoms with van der Waals surface area (Å²) >= 11 is 3.32. The lowest BCUT2D eigenvalue weighted by molar-refractivity contribution is 0.0762. The van der Waals surface area contributed by atoms with Crippen LogP contribution in [0.4, 0.5) is 5.82 Å². The molecule has 4 nitrogen and oxygen atoms in total. The van der Waals surface area contributed by atoms with Crippen LogP contribution in [0.3, 0.4) is 0 Å². The Morgan fingerprint density at radius 1 is 1.29 bits per heavy atom. The number of pyridine rings is 1. The number of halogens is 1. The Morgan fingerprint density at radius 3 is 2.59 bits per heavy atom. The van der Waals surface area contributed by atoms with Gasteiger partial charge in [0.2, 0.25) is 0 Å². The Labute approximate surface area is 109 Å². The van der Waals surface area contributed by atoms with Crippen molar-refractivity contribution < 1.29 is 4.79 Å². The normalized spacial score (nSPS) is 16.6. The second kappa shape index (κ2) is 5.49. The van der Waals surface area contributed by atoms with E-state index in [1.165, 1.54) is 12.8 Å². The van der Waals surface area contributed by atoms with E-state index in [1.807, 2.05) is 4.90 Å². The molecule has 0 bridgehead atoms. The van der Waals surface area contributed by atoms with E-state index in [4.69, 9.17) is 5.73 Å². The van der Waals surface area contributed by atoms with Crippen LogP contribution in [0.15, 0.2) is 16.7 Å². The summed E-state index contributed by atoms with van der Waals surface area (Å²) in [6.45, 7) is 1.65. The first-order valence-electron chi connectivity index (χ1n) is 5.89. The fraction of sp³-hybridized carbons (Fsp3) is 0.500. The van der Waals surface area contributed by atoms with Crippen molar-refractivity contribution in [3.05, 3.63) is 22.3 Å². The number of hydrogen-bond acceptors (Lipinski definition) is 3. The molecule has 1 aromatic rings. The van der Waals surface area contributed by atoms with Gasteiger partial charge in [0.25, 0.3) is 5.91 Å². The van der Waals surface area contributed by atoms with Gasteiger partial charge in [-0.05, 0) is 34.8 Å². The van der Waals surface area contributed by atoms with Crippen molar-refractivity contribution in [3.8, 4) is 0 Å². The van der Waals surface area contributed by atoms with Crippen LogP contribution in [-0.4, -0.2) is 28.9 Å². The quantitative estimate of drug-likeness (QED) is 0.866. The first kappa shape index (κ1) is 12.4. The molecule has 0 aliphatic carbocycles. The number of nitrogens with two attached hydrogens (primary N) is 1. The van der Waals surface area contributed by atoms with E-state index in [-0.39, 0.29) is 5.91 Å². The summed E-state index contributed by atoms with van der Waals surface area (Å²) in [5.74, 6) is 0.306. The first-order valence-corrected chi connectivity index (χ1v) is 6.68. The SMILES string of the molecule is Nc1ncc(Br)cc1C(=O)N1CCCCCC1. The van der Waals surface area contributed by atoms with Crippen LogP contribution in [0.2, 0.25) is 0 Å². The van der Waals surface area contributed by atoms with Crippen molar-refractivity contribution in [2.24, 2.45) is 0 Å². The summed E-state index contributed by atoms with van der Waals surface area (Å²) < 4.78 is 0.782. The highest BCUT2D eigenvalue weighted by Crippen LogP contribution is 2.19. The van der Waals surface area contributed by atoms with Gasteiger partial charge in [0, 0.05) is 23.8 Å². The number of aromatic nitrogens is 1. The predicted octanol–water partition coefficient (Wildman–Crippen LogP) is 2.44. The van der Waals surface area contributed by atoms with Crippen molar-refractivity contribution in [2.75, 3.05) is 18.8 Å². The molecule has 1 saturated heterocycles. The number of carbonyl (C=O) groups is 1. The molecule has 92 valence electrons. The maximum absolute atomic E-state index is 12.3. The monoisotopic (exact) mass is 297 g/mol. The van der Waals surface area contributed by atoms with Gasteiger partial charge in [-0.3, -0.25) is 4.79 Å². The molecule has 17 heavy (non-hydrogen) atoms. The maximum atomic E-state index is 12.3. The van der Waals surface area contributed by atoms with Gasteiger partial charge in [-0.25, -0.2) is 4.98 Å². The molecular formula is C12H16BrN3O. The lowest BCUT2D eigenvalue weighted by Crippen LogP contribution is -2.32. The van der Waals surface area contributed by atoms with E-state index in [1.54, 1.807) is 12.3 Å². The van der Waals surface area contributed by atoms with Gasteiger partial charge in [0.15, 0.2) is 0 Å². The zero-order valence-electron chi connectivity index (χ0n) is 9.66. The highest BCUT2D eigenvalue weighted by atomic mass is 79.9. The van der Waals surface area contributed by atoms with Crippen LogP contribution < -0.4 is 5.73 Å². The number of anilines is 1. The van der Waals surface area contributed by atoms with E-state index in [9.17, 15) is 4.79 Å². The minimum absolute atomic E-state index is 0.00167. The zero-order valence-corrected chi connectivity index (χ0v) is 11.2. The van der Waals surface area contributed by atoms with Gasteiger partial charge in [-0.15, -0.1) is 0 Å². The number of rotatable bonds is 1. The third-order valence-corrected chi connectivity index (χ3v) is 3.44. The van der Waals surface area contributed by atoms with Crippen LogP contribution in [-0.2, 0) is 0 Å². The third-order valence-electron chi connectivity index (χ3n) is 3.01. The van der Waals surface area contributed by atoms with Gasteiger partial charge < -0.3 is 10.6 Å². The highest BCUT2D eigenvalue weighted by molar-refractivity contribution is 9.10. The standard InChI is InChI=1S/C12H16BrN3O/c13-9-7-10(11(14)15-8-9)12(17)16-5-3-1-2-4-6-16/h7-8H,1-6H2,(H2,14,15). The van der Waals surface area contributed by atoms with Crippen molar-refractivity contribution >= 4 is 27.7 Å². The largest absolute Gasteiger partial charge is 0.383 e. The molecule has 1 amide bonds. The number of carbonyl (C=O) groups excluding carboxylic acids is 1. The van der Waals surface area contributed by atoms with Crippen LogP contribution >= 0.6 is 15.9 Å². The van der Waals surface area contributed by atoms with Gasteiger partial charge in [0.05, 0.1) is 5.56 Å². The number of hydrogen-bond donors (Lipinski definition) is 1. The summed E-state index contributed by atoms with van der Waals surface area (Å²) in [6, 6.07) is 1.75. The molecule has 1 aliphatic rings. The number of likely N-dealkylation sites (tertiary alicyclic amines) is 1. The smallest absolute Gasteiger partial charge is 0.257 e. The Kier molecular flexibility index (Phi) is 3.99. The molecule has 5 heteroatoms. The van der Waals surface area contributed by atoms with E-state index in [0.717, 1.165) is 30.4 Å². The molecule has 2 rings (SSSR count). The van der Waals surface area contributed by atoms with Crippen molar-refractivity contribution in [2.45, 2.75) is 25.7 Å². The zero-order chi connectivity index (χ0) is 12.3. The molecular weight excluding hydrogens is 282 g/mol. The van der Waals surface area contributed by atoms with E-state index >= 15 is 0 Å². The second-order valence-corrected chi connectivity index (χ2v) is 5.21. The molecule has 0 spiro atoms. The molecule has 0 atom stereocenters. The van der Waals surface area contributed by atoms with Gasteiger partial charge >= 0.3 is 0 Å². The average molecular weight is 298 g/mol. The number of amides is 1. The number of nitrogens with zero attached hydrogens (tertiary/aromatic N) is 2. The lowest BCUT2D eigenvalue weighted by atomic mass is 10.2. The molecule has 1 aliphatic heterocycles. The molecule has 1 aromatic heterocycles. The van der Waals surface area contributed by atoms with Crippen LogP contribution in [0.25, 0.3) is 0 Å². The second-order valence-electron chi connectivity index (χ2n) is 4.29. The van der Waals surface area contributed by atoms with E-state index in [0.29, 0.717) is 11.4 Å². The van der Waals surface area contributed by atoms with Gasteiger partial charge in [0.1, 0.15) is 5.82 Å². The summed E-state index contributed by atoms with van der Waals surface area (Å²) in [5, 5.41) is 0. The first-order chi connectivity index (χ1) is 8.18. The summed E-state index contributed by atoms with van der Waals surface area (Å²) in [6.07, 6.45) is 6.17. The third kappa shape index (κ3) is 2.97. The summed E-state index contributed by atoms with van der Waals surface area (Å²) in [7, 11) is 0. The fourth-order valence-electron chi connectivity index (χ4n) is 2.07.